The molecule has 1 saturated heterocycles. The predicted molar refractivity (Wildman–Crippen MR) is 78.0 cm³/mol. The number of hydrogen-bond donors (Lipinski definition) is 2. The van der Waals surface area contributed by atoms with Gasteiger partial charge in [-0.05, 0) is 44.4 Å². The summed E-state index contributed by atoms with van der Waals surface area (Å²) < 4.78 is 6.84. The van der Waals surface area contributed by atoms with Crippen molar-refractivity contribution in [2.45, 2.75) is 38.3 Å². The number of benzene rings is 1. The molecule has 1 fully saturated rings. The van der Waals surface area contributed by atoms with Crippen molar-refractivity contribution in [2.75, 3.05) is 6.54 Å². The van der Waals surface area contributed by atoms with Crippen LogP contribution in [-0.2, 0) is 4.79 Å². The highest BCUT2D eigenvalue weighted by Gasteiger charge is 2.23. The zero-order valence-electron chi connectivity index (χ0n) is 11.0. The third-order valence-electron chi connectivity index (χ3n) is 3.22. The van der Waals surface area contributed by atoms with Crippen LogP contribution >= 0.6 is 15.9 Å². The van der Waals surface area contributed by atoms with Gasteiger partial charge in [-0.3, -0.25) is 4.79 Å². The van der Waals surface area contributed by atoms with Crippen molar-refractivity contribution in [2.24, 2.45) is 5.73 Å². The van der Waals surface area contributed by atoms with Gasteiger partial charge in [0.15, 0.2) is 6.10 Å². The van der Waals surface area contributed by atoms with E-state index in [-0.39, 0.29) is 11.9 Å². The fourth-order valence-electron chi connectivity index (χ4n) is 2.16. The van der Waals surface area contributed by atoms with Crippen molar-refractivity contribution in [1.82, 2.24) is 5.32 Å². The van der Waals surface area contributed by atoms with Crippen molar-refractivity contribution < 1.29 is 9.53 Å². The zero-order chi connectivity index (χ0) is 13.8. The molecular weight excluding hydrogens is 308 g/mol. The molecule has 1 aromatic rings. The van der Waals surface area contributed by atoms with Crippen LogP contribution in [0.2, 0.25) is 0 Å². The molecule has 5 heteroatoms. The minimum absolute atomic E-state index is 0.0314. The molecule has 0 bridgehead atoms. The zero-order valence-corrected chi connectivity index (χ0v) is 12.6. The molecule has 1 unspecified atom stereocenters. The van der Waals surface area contributed by atoms with Crippen LogP contribution in [0, 0.1) is 0 Å². The van der Waals surface area contributed by atoms with Crippen LogP contribution < -0.4 is 15.8 Å². The van der Waals surface area contributed by atoms with Gasteiger partial charge < -0.3 is 15.8 Å². The summed E-state index contributed by atoms with van der Waals surface area (Å²) >= 11 is 3.42. The summed E-state index contributed by atoms with van der Waals surface area (Å²) in [6.07, 6.45) is 2.33. The van der Waals surface area contributed by atoms with Crippen molar-refractivity contribution in [3.05, 3.63) is 28.2 Å². The Balaban J connectivity index is 2.19. The first-order valence-electron chi connectivity index (χ1n) is 6.57. The first-order valence-corrected chi connectivity index (χ1v) is 7.36. The lowest BCUT2D eigenvalue weighted by molar-refractivity contribution is -0.127. The minimum Gasteiger partial charge on any atom is -0.480 e. The standard InChI is InChI=1S/C14H19BrN2O2/c1-9(16)11-8-10(15)5-6-12(11)19-13-4-2-3-7-17-14(13)18/h5-6,8-9,13H,2-4,7,16H2,1H3,(H,17,18)/t9-,13?/m1/s1. The van der Waals surface area contributed by atoms with Crippen LogP contribution in [0.5, 0.6) is 5.75 Å². The van der Waals surface area contributed by atoms with Gasteiger partial charge in [-0.25, -0.2) is 0 Å². The van der Waals surface area contributed by atoms with Gasteiger partial charge in [-0.1, -0.05) is 15.9 Å². The molecule has 1 aliphatic heterocycles. The third-order valence-corrected chi connectivity index (χ3v) is 3.71. The predicted octanol–water partition coefficient (Wildman–Crippen LogP) is 2.52. The Morgan fingerprint density at radius 2 is 2.26 bits per heavy atom. The maximum atomic E-state index is 11.9. The van der Waals surface area contributed by atoms with Crippen LogP contribution in [-0.4, -0.2) is 18.6 Å². The number of nitrogens with one attached hydrogen (secondary N) is 1. The highest BCUT2D eigenvalue weighted by atomic mass is 79.9. The highest BCUT2D eigenvalue weighted by Crippen LogP contribution is 2.29. The first-order chi connectivity index (χ1) is 9.08. The van der Waals surface area contributed by atoms with Crippen molar-refractivity contribution in [3.8, 4) is 5.75 Å². The van der Waals surface area contributed by atoms with E-state index in [0.717, 1.165) is 35.8 Å². The molecule has 0 aliphatic carbocycles. The van der Waals surface area contributed by atoms with Crippen LogP contribution in [0.1, 0.15) is 37.8 Å². The Labute approximate surface area is 121 Å². The average Bonchev–Trinajstić information content (AvgIpc) is 2.57. The largest absolute Gasteiger partial charge is 0.480 e. The van der Waals surface area contributed by atoms with E-state index >= 15 is 0 Å². The molecule has 4 nitrogen and oxygen atoms in total. The Bertz CT molecular complexity index is 463. The van der Waals surface area contributed by atoms with E-state index in [4.69, 9.17) is 10.5 Å². The molecule has 1 heterocycles. The summed E-state index contributed by atoms with van der Waals surface area (Å²) in [6.45, 7) is 2.64. The van der Waals surface area contributed by atoms with Crippen LogP contribution in [0.4, 0.5) is 0 Å². The first kappa shape index (κ1) is 14.3. The lowest BCUT2D eigenvalue weighted by Crippen LogP contribution is -2.36. The summed E-state index contributed by atoms with van der Waals surface area (Å²) in [5, 5.41) is 2.87. The van der Waals surface area contributed by atoms with Gasteiger partial charge in [-0.15, -0.1) is 0 Å². The summed E-state index contributed by atoms with van der Waals surface area (Å²) in [5.74, 6) is 0.663. The van der Waals surface area contributed by atoms with Gasteiger partial charge in [0, 0.05) is 22.6 Å². The van der Waals surface area contributed by atoms with Crippen LogP contribution in [0.3, 0.4) is 0 Å². The summed E-state index contributed by atoms with van der Waals surface area (Å²) in [7, 11) is 0. The van der Waals surface area contributed by atoms with E-state index in [2.05, 4.69) is 21.2 Å². The summed E-state index contributed by atoms with van der Waals surface area (Å²) in [5.41, 5.74) is 6.86. The Morgan fingerprint density at radius 1 is 1.47 bits per heavy atom. The molecule has 1 aromatic carbocycles. The monoisotopic (exact) mass is 326 g/mol. The maximum Gasteiger partial charge on any atom is 0.261 e. The molecular formula is C14H19BrN2O2. The van der Waals surface area contributed by atoms with E-state index < -0.39 is 6.10 Å². The molecule has 0 radical (unpaired) electrons. The second-order valence-corrected chi connectivity index (χ2v) is 5.78. The number of carbonyl (C=O) groups excluding carboxylic acids is 1. The molecule has 3 N–H and O–H groups in total. The Hall–Kier alpha value is -1.07. The normalized spacial score (nSPS) is 21.4. The van der Waals surface area contributed by atoms with Gasteiger partial charge in [0.1, 0.15) is 5.75 Å². The topological polar surface area (TPSA) is 64.3 Å². The summed E-state index contributed by atoms with van der Waals surface area (Å²) in [6, 6.07) is 5.56. The fourth-order valence-corrected chi connectivity index (χ4v) is 2.54. The van der Waals surface area contributed by atoms with Gasteiger partial charge in [-0.2, -0.15) is 0 Å². The number of amides is 1. The number of rotatable bonds is 3. The molecule has 0 saturated carbocycles. The third kappa shape index (κ3) is 3.70. The van der Waals surface area contributed by atoms with Gasteiger partial charge >= 0.3 is 0 Å². The number of nitrogens with two attached hydrogens (primary N) is 1. The van der Waals surface area contributed by atoms with Crippen LogP contribution in [0.25, 0.3) is 0 Å². The molecule has 1 aliphatic rings. The van der Waals surface area contributed by atoms with E-state index in [1.807, 2.05) is 25.1 Å². The quantitative estimate of drug-likeness (QED) is 0.897. The van der Waals surface area contributed by atoms with Crippen molar-refractivity contribution in [3.63, 3.8) is 0 Å². The molecule has 104 valence electrons. The minimum atomic E-state index is -0.416. The van der Waals surface area contributed by atoms with Crippen LogP contribution in [0.15, 0.2) is 22.7 Å². The number of ether oxygens (including phenoxy) is 1. The average molecular weight is 327 g/mol. The van der Waals surface area contributed by atoms with E-state index in [1.165, 1.54) is 0 Å². The Morgan fingerprint density at radius 3 is 3.00 bits per heavy atom. The van der Waals surface area contributed by atoms with E-state index in [9.17, 15) is 4.79 Å². The van der Waals surface area contributed by atoms with Crippen molar-refractivity contribution >= 4 is 21.8 Å². The van der Waals surface area contributed by atoms with E-state index in [1.54, 1.807) is 0 Å². The Kier molecular flexibility index (Phi) is 4.82. The molecule has 19 heavy (non-hydrogen) atoms. The molecule has 0 aromatic heterocycles. The lowest BCUT2D eigenvalue weighted by Gasteiger charge is -2.20. The highest BCUT2D eigenvalue weighted by molar-refractivity contribution is 9.10. The van der Waals surface area contributed by atoms with E-state index in [0.29, 0.717) is 5.75 Å². The number of carbonyl (C=O) groups is 1. The van der Waals surface area contributed by atoms with Gasteiger partial charge in [0.25, 0.3) is 5.91 Å². The molecule has 1 amide bonds. The number of hydrogen-bond acceptors (Lipinski definition) is 3. The fraction of sp³-hybridized carbons (Fsp3) is 0.500. The van der Waals surface area contributed by atoms with Gasteiger partial charge in [0.2, 0.25) is 0 Å². The van der Waals surface area contributed by atoms with Crippen molar-refractivity contribution in [1.29, 1.82) is 0 Å². The molecule has 0 spiro atoms. The SMILES string of the molecule is C[C@@H](N)c1cc(Br)ccc1OC1CCCCNC1=O. The maximum absolute atomic E-state index is 11.9. The molecule has 2 atom stereocenters. The molecule has 2 rings (SSSR count). The second kappa shape index (κ2) is 6.39. The smallest absolute Gasteiger partial charge is 0.261 e. The number of halogens is 1. The summed E-state index contributed by atoms with van der Waals surface area (Å²) in [4.78, 5) is 11.9. The second-order valence-electron chi connectivity index (χ2n) is 4.86. The van der Waals surface area contributed by atoms with Gasteiger partial charge in [0.05, 0.1) is 0 Å². The lowest BCUT2D eigenvalue weighted by atomic mass is 10.1.